The average molecular weight is 365 g/mol. The van der Waals surface area contributed by atoms with Gasteiger partial charge < -0.3 is 10.6 Å². The second-order valence-corrected chi connectivity index (χ2v) is 5.37. The zero-order chi connectivity index (χ0) is 12.4. The quantitative estimate of drug-likeness (QED) is 0.790. The van der Waals surface area contributed by atoms with Crippen LogP contribution in [0.25, 0.3) is 0 Å². The number of hydrogen-bond acceptors (Lipinski definition) is 2. The molecule has 2 amide bonds. The zero-order valence-corrected chi connectivity index (χ0v) is 11.7. The fourth-order valence-corrected chi connectivity index (χ4v) is 2.63. The van der Waals surface area contributed by atoms with E-state index in [2.05, 4.69) is 33.2 Å². The third-order valence-corrected chi connectivity index (χ3v) is 3.63. The third-order valence-electron chi connectivity index (χ3n) is 2.50. The highest BCUT2D eigenvalue weighted by Gasteiger charge is 2.27. The predicted octanol–water partition coefficient (Wildman–Crippen LogP) is 2.16. The van der Waals surface area contributed by atoms with Gasteiger partial charge >= 0.3 is 0 Å². The lowest BCUT2D eigenvalue weighted by Crippen LogP contribution is -2.37. The van der Waals surface area contributed by atoms with Gasteiger partial charge in [0, 0.05) is 15.0 Å². The van der Waals surface area contributed by atoms with Gasteiger partial charge in [-0.1, -0.05) is 11.6 Å². The Morgan fingerprint density at radius 1 is 1.53 bits per heavy atom. The van der Waals surface area contributed by atoms with Crippen LogP contribution < -0.4 is 10.6 Å². The predicted molar refractivity (Wildman–Crippen MR) is 74.0 cm³/mol. The van der Waals surface area contributed by atoms with Crippen LogP contribution in [-0.2, 0) is 9.59 Å². The summed E-state index contributed by atoms with van der Waals surface area (Å²) >= 11 is 7.93. The first-order valence-electron chi connectivity index (χ1n) is 5.11. The van der Waals surface area contributed by atoms with Crippen molar-refractivity contribution in [1.29, 1.82) is 0 Å². The van der Waals surface area contributed by atoms with Gasteiger partial charge in [0.15, 0.2) is 0 Å². The molecule has 0 saturated carbocycles. The van der Waals surface area contributed by atoms with Crippen LogP contribution in [0.3, 0.4) is 0 Å². The van der Waals surface area contributed by atoms with Crippen molar-refractivity contribution in [3.8, 4) is 0 Å². The molecule has 2 rings (SSSR count). The van der Waals surface area contributed by atoms with Gasteiger partial charge in [-0.05, 0) is 47.2 Å². The highest BCUT2D eigenvalue weighted by Crippen LogP contribution is 2.22. The Morgan fingerprint density at radius 3 is 2.88 bits per heavy atom. The van der Waals surface area contributed by atoms with Crippen LogP contribution in [0.5, 0.6) is 0 Å². The molecule has 1 atom stereocenters. The Bertz CT molecular complexity index is 479. The molecule has 2 N–H and O–H groups in total. The molecule has 0 aromatic heterocycles. The van der Waals surface area contributed by atoms with Crippen LogP contribution >= 0.6 is 34.2 Å². The molecule has 0 radical (unpaired) electrons. The Morgan fingerprint density at radius 2 is 2.29 bits per heavy atom. The summed E-state index contributed by atoms with van der Waals surface area (Å²) in [5.74, 6) is -0.257. The van der Waals surface area contributed by atoms with E-state index in [9.17, 15) is 9.59 Å². The summed E-state index contributed by atoms with van der Waals surface area (Å²) in [6, 6.07) is 4.81. The molecule has 1 aliphatic heterocycles. The number of anilines is 1. The summed E-state index contributed by atoms with van der Waals surface area (Å²) in [6.07, 6.45) is 0.963. The van der Waals surface area contributed by atoms with Crippen LogP contribution in [0.4, 0.5) is 5.69 Å². The van der Waals surface area contributed by atoms with Gasteiger partial charge in [-0.2, -0.15) is 0 Å². The maximum Gasteiger partial charge on any atom is 0.246 e. The van der Waals surface area contributed by atoms with Crippen molar-refractivity contribution >= 4 is 51.7 Å². The Kier molecular flexibility index (Phi) is 3.88. The van der Waals surface area contributed by atoms with Crippen LogP contribution in [0.15, 0.2) is 18.2 Å². The summed E-state index contributed by atoms with van der Waals surface area (Å²) in [5.41, 5.74) is 0.709. The molecule has 17 heavy (non-hydrogen) atoms. The minimum absolute atomic E-state index is 0.0732. The second kappa shape index (κ2) is 5.22. The first kappa shape index (κ1) is 12.6. The minimum Gasteiger partial charge on any atom is -0.344 e. The highest BCUT2D eigenvalue weighted by molar-refractivity contribution is 14.1. The first-order valence-corrected chi connectivity index (χ1v) is 6.57. The number of hydrogen-bond donors (Lipinski definition) is 2. The monoisotopic (exact) mass is 364 g/mol. The molecule has 4 nitrogen and oxygen atoms in total. The molecule has 0 bridgehead atoms. The van der Waals surface area contributed by atoms with Gasteiger partial charge in [-0.3, -0.25) is 9.59 Å². The van der Waals surface area contributed by atoms with Crippen molar-refractivity contribution in [2.45, 2.75) is 18.9 Å². The SMILES string of the molecule is O=C1CCC(C(=O)Nc2ccc(Cl)cc2I)N1. The number of rotatable bonds is 2. The van der Waals surface area contributed by atoms with E-state index in [0.29, 0.717) is 23.6 Å². The number of nitrogens with one attached hydrogen (secondary N) is 2. The van der Waals surface area contributed by atoms with E-state index >= 15 is 0 Å². The van der Waals surface area contributed by atoms with E-state index in [4.69, 9.17) is 11.6 Å². The molecule has 1 unspecified atom stereocenters. The molecule has 0 aliphatic carbocycles. The van der Waals surface area contributed by atoms with E-state index in [-0.39, 0.29) is 11.8 Å². The molecule has 1 fully saturated rings. The number of benzene rings is 1. The summed E-state index contributed by atoms with van der Waals surface area (Å²) in [4.78, 5) is 22.8. The lowest BCUT2D eigenvalue weighted by atomic mass is 10.2. The maximum absolute atomic E-state index is 11.8. The molecule has 1 aromatic carbocycles. The standard InChI is InChI=1S/C11H10ClIN2O2/c12-6-1-2-8(7(13)5-6)15-11(17)9-3-4-10(16)14-9/h1-2,5,9H,3-4H2,(H,14,16)(H,15,17). The van der Waals surface area contributed by atoms with E-state index < -0.39 is 6.04 Å². The second-order valence-electron chi connectivity index (χ2n) is 3.77. The van der Waals surface area contributed by atoms with E-state index in [1.807, 2.05) is 0 Å². The highest BCUT2D eigenvalue weighted by atomic mass is 127. The van der Waals surface area contributed by atoms with Gasteiger partial charge in [0.05, 0.1) is 5.69 Å². The largest absolute Gasteiger partial charge is 0.344 e. The van der Waals surface area contributed by atoms with Gasteiger partial charge in [-0.15, -0.1) is 0 Å². The fraction of sp³-hybridized carbons (Fsp3) is 0.273. The summed E-state index contributed by atoms with van der Waals surface area (Å²) < 4.78 is 0.868. The van der Waals surface area contributed by atoms with Crippen molar-refractivity contribution < 1.29 is 9.59 Å². The molecular formula is C11H10ClIN2O2. The van der Waals surface area contributed by atoms with Gasteiger partial charge in [0.1, 0.15) is 6.04 Å². The lowest BCUT2D eigenvalue weighted by molar-refractivity contribution is -0.122. The van der Waals surface area contributed by atoms with Crippen LogP contribution in [0.1, 0.15) is 12.8 Å². The van der Waals surface area contributed by atoms with E-state index in [0.717, 1.165) is 3.57 Å². The molecular weight excluding hydrogens is 354 g/mol. The molecule has 90 valence electrons. The normalized spacial score (nSPS) is 18.9. The first-order chi connectivity index (χ1) is 8.06. The fourth-order valence-electron chi connectivity index (χ4n) is 1.62. The summed E-state index contributed by atoms with van der Waals surface area (Å²) in [6.45, 7) is 0. The van der Waals surface area contributed by atoms with Crippen molar-refractivity contribution in [2.75, 3.05) is 5.32 Å². The Hall–Kier alpha value is -0.820. The molecule has 0 spiro atoms. The van der Waals surface area contributed by atoms with Crippen molar-refractivity contribution in [3.05, 3.63) is 26.8 Å². The average Bonchev–Trinajstić information content (AvgIpc) is 2.69. The molecule has 1 aliphatic rings. The lowest BCUT2D eigenvalue weighted by Gasteiger charge is -2.12. The van der Waals surface area contributed by atoms with Crippen LogP contribution in [-0.4, -0.2) is 17.9 Å². The zero-order valence-electron chi connectivity index (χ0n) is 8.80. The number of carbonyl (C=O) groups excluding carboxylic acids is 2. The van der Waals surface area contributed by atoms with E-state index in [1.54, 1.807) is 18.2 Å². The minimum atomic E-state index is -0.422. The molecule has 1 saturated heterocycles. The summed E-state index contributed by atoms with van der Waals surface area (Å²) in [5, 5.41) is 6.03. The van der Waals surface area contributed by atoms with Gasteiger partial charge in [0.25, 0.3) is 0 Å². The van der Waals surface area contributed by atoms with E-state index in [1.165, 1.54) is 0 Å². The van der Waals surface area contributed by atoms with Gasteiger partial charge in [0.2, 0.25) is 11.8 Å². The van der Waals surface area contributed by atoms with Crippen molar-refractivity contribution in [3.63, 3.8) is 0 Å². The number of halogens is 2. The van der Waals surface area contributed by atoms with Crippen LogP contribution in [0, 0.1) is 3.57 Å². The molecule has 1 aromatic rings. The van der Waals surface area contributed by atoms with Crippen molar-refractivity contribution in [1.82, 2.24) is 5.32 Å². The number of carbonyl (C=O) groups is 2. The van der Waals surface area contributed by atoms with Crippen LogP contribution in [0.2, 0.25) is 5.02 Å². The maximum atomic E-state index is 11.8. The third kappa shape index (κ3) is 3.10. The Labute approximate surface area is 117 Å². The molecule has 1 heterocycles. The molecule has 6 heteroatoms. The Balaban J connectivity index is 2.05. The number of amides is 2. The smallest absolute Gasteiger partial charge is 0.246 e. The summed E-state index contributed by atoms with van der Waals surface area (Å²) in [7, 11) is 0. The van der Waals surface area contributed by atoms with Gasteiger partial charge in [-0.25, -0.2) is 0 Å². The van der Waals surface area contributed by atoms with Crippen molar-refractivity contribution in [2.24, 2.45) is 0 Å². The topological polar surface area (TPSA) is 58.2 Å².